The normalized spacial score (nSPS) is 11.3. The minimum absolute atomic E-state index is 0.231. The molecule has 1 heterocycles. The van der Waals surface area contributed by atoms with Gasteiger partial charge in [-0.1, -0.05) is 12.1 Å². The highest BCUT2D eigenvalue weighted by Crippen LogP contribution is 2.11. The average Bonchev–Trinajstić information content (AvgIpc) is 2.90. The lowest BCUT2D eigenvalue weighted by molar-refractivity contribution is 0.0954. The van der Waals surface area contributed by atoms with Crippen molar-refractivity contribution in [1.82, 2.24) is 5.43 Å². The number of carbonyl (C=O) groups excluding carboxylic acids is 1. The summed E-state index contributed by atoms with van der Waals surface area (Å²) in [5.41, 5.74) is 3.74. The SMILES string of the molecule is C/C(=N\NC(=O)c1ccccc1I)c1ccco1. The number of furan rings is 1. The summed E-state index contributed by atoms with van der Waals surface area (Å²) in [7, 11) is 0. The van der Waals surface area contributed by atoms with Crippen LogP contribution < -0.4 is 5.43 Å². The lowest BCUT2D eigenvalue weighted by atomic mass is 10.2. The number of halogens is 1. The number of carbonyl (C=O) groups is 1. The Bertz CT molecular complexity index is 576. The zero-order valence-electron chi connectivity index (χ0n) is 9.68. The number of rotatable bonds is 3. The molecule has 0 spiro atoms. The van der Waals surface area contributed by atoms with E-state index in [1.54, 1.807) is 31.4 Å². The predicted octanol–water partition coefficient (Wildman–Crippen LogP) is 3.04. The van der Waals surface area contributed by atoms with Gasteiger partial charge in [-0.25, -0.2) is 5.43 Å². The first-order valence-electron chi connectivity index (χ1n) is 5.31. The Labute approximate surface area is 118 Å². The van der Waals surface area contributed by atoms with E-state index in [0.717, 1.165) is 3.57 Å². The van der Waals surface area contributed by atoms with E-state index >= 15 is 0 Å². The number of hydrogen-bond acceptors (Lipinski definition) is 3. The van der Waals surface area contributed by atoms with Gasteiger partial charge in [-0.2, -0.15) is 5.10 Å². The van der Waals surface area contributed by atoms with Crippen LogP contribution in [0.1, 0.15) is 23.0 Å². The number of benzene rings is 1. The van der Waals surface area contributed by atoms with Crippen LogP contribution in [-0.4, -0.2) is 11.6 Å². The molecule has 2 rings (SSSR count). The third-order valence-electron chi connectivity index (χ3n) is 2.32. The molecule has 1 aromatic carbocycles. The van der Waals surface area contributed by atoms with Gasteiger partial charge >= 0.3 is 0 Å². The van der Waals surface area contributed by atoms with Crippen LogP contribution in [-0.2, 0) is 0 Å². The number of hydrazone groups is 1. The molecule has 1 N–H and O–H groups in total. The van der Waals surface area contributed by atoms with Gasteiger partial charge in [-0.05, 0) is 53.8 Å². The molecule has 0 bridgehead atoms. The number of nitrogens with zero attached hydrogens (tertiary/aromatic N) is 1. The van der Waals surface area contributed by atoms with Crippen LogP contribution >= 0.6 is 22.6 Å². The molecule has 2 aromatic rings. The first-order chi connectivity index (χ1) is 8.68. The lowest BCUT2D eigenvalue weighted by Gasteiger charge is -2.03. The van der Waals surface area contributed by atoms with Crippen molar-refractivity contribution in [3.63, 3.8) is 0 Å². The molecular weight excluding hydrogens is 343 g/mol. The van der Waals surface area contributed by atoms with E-state index in [9.17, 15) is 4.79 Å². The maximum Gasteiger partial charge on any atom is 0.272 e. The van der Waals surface area contributed by atoms with E-state index in [1.165, 1.54) is 0 Å². The minimum atomic E-state index is -0.231. The van der Waals surface area contributed by atoms with Gasteiger partial charge in [0.1, 0.15) is 11.5 Å². The van der Waals surface area contributed by atoms with E-state index in [0.29, 0.717) is 17.0 Å². The molecule has 0 saturated heterocycles. The molecule has 1 aromatic heterocycles. The summed E-state index contributed by atoms with van der Waals surface area (Å²) >= 11 is 2.12. The van der Waals surface area contributed by atoms with Crippen molar-refractivity contribution in [3.8, 4) is 0 Å². The third kappa shape index (κ3) is 2.98. The summed E-state index contributed by atoms with van der Waals surface area (Å²) in [5.74, 6) is 0.406. The Morgan fingerprint density at radius 2 is 2.06 bits per heavy atom. The smallest absolute Gasteiger partial charge is 0.272 e. The number of nitrogens with one attached hydrogen (secondary N) is 1. The fraction of sp³-hybridized carbons (Fsp3) is 0.0769. The van der Waals surface area contributed by atoms with Gasteiger partial charge in [0, 0.05) is 3.57 Å². The zero-order valence-corrected chi connectivity index (χ0v) is 11.8. The molecule has 0 saturated carbocycles. The van der Waals surface area contributed by atoms with Crippen LogP contribution in [0.4, 0.5) is 0 Å². The van der Waals surface area contributed by atoms with Crippen molar-refractivity contribution >= 4 is 34.2 Å². The van der Waals surface area contributed by atoms with Crippen LogP contribution in [0.25, 0.3) is 0 Å². The summed E-state index contributed by atoms with van der Waals surface area (Å²) < 4.78 is 6.06. The third-order valence-corrected chi connectivity index (χ3v) is 3.26. The van der Waals surface area contributed by atoms with Crippen molar-refractivity contribution in [2.45, 2.75) is 6.92 Å². The van der Waals surface area contributed by atoms with E-state index in [1.807, 2.05) is 18.2 Å². The Hall–Kier alpha value is -1.63. The van der Waals surface area contributed by atoms with Crippen molar-refractivity contribution in [3.05, 3.63) is 57.6 Å². The molecule has 0 aliphatic carbocycles. The summed E-state index contributed by atoms with van der Waals surface area (Å²) in [6.45, 7) is 1.77. The topological polar surface area (TPSA) is 54.6 Å². The molecule has 0 unspecified atom stereocenters. The maximum absolute atomic E-state index is 11.9. The number of hydrogen-bond donors (Lipinski definition) is 1. The van der Waals surface area contributed by atoms with Crippen molar-refractivity contribution in [2.75, 3.05) is 0 Å². The highest BCUT2D eigenvalue weighted by molar-refractivity contribution is 14.1. The van der Waals surface area contributed by atoms with Gasteiger partial charge < -0.3 is 4.42 Å². The lowest BCUT2D eigenvalue weighted by Crippen LogP contribution is -2.20. The zero-order chi connectivity index (χ0) is 13.0. The van der Waals surface area contributed by atoms with Gasteiger partial charge in [0.25, 0.3) is 5.91 Å². The van der Waals surface area contributed by atoms with E-state index in [2.05, 4.69) is 33.1 Å². The van der Waals surface area contributed by atoms with Crippen molar-refractivity contribution in [2.24, 2.45) is 5.10 Å². The standard InChI is InChI=1S/C13H11IN2O2/c1-9(12-7-4-8-18-12)15-16-13(17)10-5-2-3-6-11(10)14/h2-8H,1H3,(H,16,17)/b15-9+. The molecule has 1 amide bonds. The molecule has 0 aliphatic heterocycles. The highest BCUT2D eigenvalue weighted by Gasteiger charge is 2.08. The van der Waals surface area contributed by atoms with E-state index in [4.69, 9.17) is 4.42 Å². The Morgan fingerprint density at radius 3 is 2.72 bits per heavy atom. The molecule has 5 heteroatoms. The summed E-state index contributed by atoms with van der Waals surface area (Å²) in [4.78, 5) is 11.9. The molecular formula is C13H11IN2O2. The fourth-order valence-corrected chi connectivity index (χ4v) is 2.01. The molecule has 4 nitrogen and oxygen atoms in total. The van der Waals surface area contributed by atoms with Crippen molar-refractivity contribution in [1.29, 1.82) is 0 Å². The van der Waals surface area contributed by atoms with Gasteiger partial charge in [0.15, 0.2) is 0 Å². The second kappa shape index (κ2) is 5.81. The highest BCUT2D eigenvalue weighted by atomic mass is 127. The van der Waals surface area contributed by atoms with Gasteiger partial charge in [0.2, 0.25) is 0 Å². The van der Waals surface area contributed by atoms with Crippen LogP contribution in [0.3, 0.4) is 0 Å². The monoisotopic (exact) mass is 354 g/mol. The second-order valence-electron chi connectivity index (χ2n) is 3.60. The van der Waals surface area contributed by atoms with E-state index in [-0.39, 0.29) is 5.91 Å². The van der Waals surface area contributed by atoms with Gasteiger partial charge in [0.05, 0.1) is 11.8 Å². The fourth-order valence-electron chi connectivity index (χ4n) is 1.38. The second-order valence-corrected chi connectivity index (χ2v) is 4.76. The first-order valence-corrected chi connectivity index (χ1v) is 6.39. The summed E-state index contributed by atoms with van der Waals surface area (Å²) in [6.07, 6.45) is 1.57. The Morgan fingerprint density at radius 1 is 1.28 bits per heavy atom. The number of amides is 1. The van der Waals surface area contributed by atoms with Crippen LogP contribution in [0.2, 0.25) is 0 Å². The molecule has 0 fully saturated rings. The van der Waals surface area contributed by atoms with Gasteiger partial charge in [-0.3, -0.25) is 4.79 Å². The molecule has 0 aliphatic rings. The summed E-state index contributed by atoms with van der Waals surface area (Å²) in [6, 6.07) is 10.9. The Kier molecular flexibility index (Phi) is 4.14. The van der Waals surface area contributed by atoms with Crippen LogP contribution in [0.5, 0.6) is 0 Å². The predicted molar refractivity (Wildman–Crippen MR) is 77.5 cm³/mol. The largest absolute Gasteiger partial charge is 0.463 e. The van der Waals surface area contributed by atoms with Crippen LogP contribution in [0.15, 0.2) is 52.2 Å². The maximum atomic E-state index is 11.9. The van der Waals surface area contributed by atoms with Crippen LogP contribution in [0, 0.1) is 3.57 Å². The van der Waals surface area contributed by atoms with Gasteiger partial charge in [-0.15, -0.1) is 0 Å². The minimum Gasteiger partial charge on any atom is -0.463 e. The van der Waals surface area contributed by atoms with Crippen molar-refractivity contribution < 1.29 is 9.21 Å². The first kappa shape index (κ1) is 12.8. The van der Waals surface area contributed by atoms with E-state index < -0.39 is 0 Å². The Balaban J connectivity index is 2.09. The molecule has 0 radical (unpaired) electrons. The summed E-state index contributed by atoms with van der Waals surface area (Å²) in [5, 5.41) is 4.00. The quantitative estimate of drug-likeness (QED) is 0.523. The molecule has 0 atom stereocenters. The molecule has 92 valence electrons. The molecule has 18 heavy (non-hydrogen) atoms. The average molecular weight is 354 g/mol.